The normalized spacial score (nSPS) is 14.7. The lowest BCUT2D eigenvalue weighted by molar-refractivity contribution is 0.415. The van der Waals surface area contributed by atoms with Crippen LogP contribution in [0.2, 0.25) is 0 Å². The third kappa shape index (κ3) is 4.15. The molecule has 164 valence electrons. The maximum Gasteiger partial charge on any atom is 0.143 e. The number of aryl methyl sites for hydroxylation is 1. The Kier molecular flexibility index (Phi) is 5.70. The van der Waals surface area contributed by atoms with Crippen molar-refractivity contribution < 1.29 is 4.74 Å². The summed E-state index contributed by atoms with van der Waals surface area (Å²) in [4.78, 5) is 12.9. The van der Waals surface area contributed by atoms with Gasteiger partial charge in [0.15, 0.2) is 0 Å². The van der Waals surface area contributed by atoms with Crippen molar-refractivity contribution in [3.8, 4) is 16.9 Å². The number of methoxy groups -OCH3 is 1. The predicted octanol–water partition coefficient (Wildman–Crippen LogP) is 6.66. The first-order valence-electron chi connectivity index (χ1n) is 11.1. The molecule has 4 aromatic rings. The third-order valence-electron chi connectivity index (χ3n) is 6.23. The summed E-state index contributed by atoms with van der Waals surface area (Å²) in [6, 6.07) is 16.9. The first kappa shape index (κ1) is 20.8. The molecule has 32 heavy (non-hydrogen) atoms. The molecule has 0 aliphatic carbocycles. The van der Waals surface area contributed by atoms with E-state index in [0.29, 0.717) is 0 Å². The highest BCUT2D eigenvalue weighted by Crippen LogP contribution is 2.38. The molecule has 0 radical (unpaired) electrons. The molecule has 0 spiro atoms. The number of piperidine rings is 1. The Morgan fingerprint density at radius 2 is 1.72 bits per heavy atom. The van der Waals surface area contributed by atoms with Crippen LogP contribution in [-0.4, -0.2) is 30.2 Å². The number of anilines is 3. The van der Waals surface area contributed by atoms with Crippen LogP contribution in [0.15, 0.2) is 53.9 Å². The molecule has 6 heteroatoms. The second kappa shape index (κ2) is 8.79. The molecule has 5 rings (SSSR count). The zero-order valence-electron chi connectivity index (χ0n) is 18.8. The van der Waals surface area contributed by atoms with E-state index in [9.17, 15) is 0 Å². The summed E-state index contributed by atoms with van der Waals surface area (Å²) in [5.41, 5.74) is 4.59. The number of hydrogen-bond donors (Lipinski definition) is 1. The summed E-state index contributed by atoms with van der Waals surface area (Å²) in [6.07, 6.45) is 2.54. The molecule has 1 fully saturated rings. The monoisotopic (exact) mass is 444 g/mol. The molecular formula is C26H28N4OS. The van der Waals surface area contributed by atoms with Crippen LogP contribution in [0, 0.1) is 12.8 Å². The van der Waals surface area contributed by atoms with Crippen LogP contribution in [0.1, 0.15) is 25.6 Å². The summed E-state index contributed by atoms with van der Waals surface area (Å²) in [5, 5.41) is 6.77. The van der Waals surface area contributed by atoms with E-state index in [-0.39, 0.29) is 0 Å². The van der Waals surface area contributed by atoms with Crippen molar-refractivity contribution in [2.45, 2.75) is 26.7 Å². The second-order valence-electron chi connectivity index (χ2n) is 8.52. The summed E-state index contributed by atoms with van der Waals surface area (Å²) in [6.45, 7) is 6.57. The number of fused-ring (bicyclic) bond motifs is 1. The summed E-state index contributed by atoms with van der Waals surface area (Å²) >= 11 is 1.65. The molecule has 1 aliphatic heterocycles. The molecule has 2 aromatic heterocycles. The van der Waals surface area contributed by atoms with Crippen LogP contribution in [0.4, 0.5) is 17.2 Å². The van der Waals surface area contributed by atoms with E-state index in [1.807, 2.05) is 19.1 Å². The van der Waals surface area contributed by atoms with Crippen LogP contribution < -0.4 is 15.0 Å². The Balaban J connectivity index is 1.45. The third-order valence-corrected chi connectivity index (χ3v) is 7.10. The van der Waals surface area contributed by atoms with Crippen molar-refractivity contribution in [3.63, 3.8) is 0 Å². The number of nitrogens with one attached hydrogen (secondary N) is 1. The number of ether oxygens (including phenoxy) is 1. The molecule has 0 atom stereocenters. The number of hydrogen-bond acceptors (Lipinski definition) is 6. The van der Waals surface area contributed by atoms with Crippen molar-refractivity contribution in [1.82, 2.24) is 9.97 Å². The minimum atomic E-state index is 0.766. The van der Waals surface area contributed by atoms with Gasteiger partial charge in [-0.2, -0.15) is 0 Å². The van der Waals surface area contributed by atoms with Gasteiger partial charge in [-0.15, -0.1) is 11.3 Å². The summed E-state index contributed by atoms with van der Waals surface area (Å²) < 4.78 is 5.31. The first-order valence-corrected chi connectivity index (χ1v) is 12.0. The molecule has 0 saturated carbocycles. The predicted molar refractivity (Wildman–Crippen MR) is 134 cm³/mol. The average Bonchev–Trinajstić information content (AvgIpc) is 3.24. The number of benzene rings is 2. The number of aromatic nitrogens is 2. The topological polar surface area (TPSA) is 50.3 Å². The Morgan fingerprint density at radius 3 is 2.41 bits per heavy atom. The van der Waals surface area contributed by atoms with Gasteiger partial charge in [0, 0.05) is 35.4 Å². The zero-order valence-corrected chi connectivity index (χ0v) is 19.6. The van der Waals surface area contributed by atoms with Gasteiger partial charge in [-0.25, -0.2) is 9.97 Å². The van der Waals surface area contributed by atoms with Gasteiger partial charge in [-0.3, -0.25) is 0 Å². The lowest BCUT2D eigenvalue weighted by Gasteiger charge is -2.32. The molecule has 1 saturated heterocycles. The Labute approximate surface area is 193 Å². The van der Waals surface area contributed by atoms with Gasteiger partial charge < -0.3 is 15.0 Å². The van der Waals surface area contributed by atoms with Crippen LogP contribution in [0.3, 0.4) is 0 Å². The van der Waals surface area contributed by atoms with E-state index in [4.69, 9.17) is 9.72 Å². The molecular weight excluding hydrogens is 416 g/mol. The van der Waals surface area contributed by atoms with Gasteiger partial charge >= 0.3 is 0 Å². The van der Waals surface area contributed by atoms with Gasteiger partial charge in [-0.1, -0.05) is 19.1 Å². The first-order chi connectivity index (χ1) is 15.6. The highest BCUT2D eigenvalue weighted by molar-refractivity contribution is 7.17. The highest BCUT2D eigenvalue weighted by atomic mass is 32.1. The minimum Gasteiger partial charge on any atom is -0.497 e. The molecule has 1 N–H and O–H groups in total. The smallest absolute Gasteiger partial charge is 0.143 e. The van der Waals surface area contributed by atoms with E-state index in [1.54, 1.807) is 18.4 Å². The number of thiophene rings is 1. The van der Waals surface area contributed by atoms with Crippen molar-refractivity contribution in [1.29, 1.82) is 0 Å². The molecule has 0 unspecified atom stereocenters. The van der Waals surface area contributed by atoms with E-state index in [1.165, 1.54) is 18.5 Å². The molecule has 1 aliphatic rings. The summed E-state index contributed by atoms with van der Waals surface area (Å²) in [5.74, 6) is 3.30. The van der Waals surface area contributed by atoms with Crippen LogP contribution in [-0.2, 0) is 0 Å². The Morgan fingerprint density at radius 1 is 1.00 bits per heavy atom. The Bertz CT molecular complexity index is 1210. The van der Waals surface area contributed by atoms with Gasteiger partial charge in [0.2, 0.25) is 0 Å². The van der Waals surface area contributed by atoms with Crippen LogP contribution >= 0.6 is 11.3 Å². The second-order valence-corrected chi connectivity index (χ2v) is 9.38. The van der Waals surface area contributed by atoms with E-state index < -0.39 is 0 Å². The number of rotatable bonds is 5. The van der Waals surface area contributed by atoms with Gasteiger partial charge in [-0.05, 0) is 67.6 Å². The lowest BCUT2D eigenvalue weighted by atomic mass is 9.99. The maximum absolute atomic E-state index is 5.31. The molecule has 2 aromatic carbocycles. The fraction of sp³-hybridized carbons (Fsp3) is 0.308. The van der Waals surface area contributed by atoms with E-state index in [0.717, 1.165) is 63.4 Å². The van der Waals surface area contributed by atoms with Gasteiger partial charge in [0.1, 0.15) is 22.2 Å². The molecule has 0 amide bonds. The number of nitrogens with zero attached hydrogens (tertiary/aromatic N) is 3. The minimum absolute atomic E-state index is 0.766. The van der Waals surface area contributed by atoms with Crippen molar-refractivity contribution in [3.05, 3.63) is 59.7 Å². The van der Waals surface area contributed by atoms with Crippen LogP contribution in [0.5, 0.6) is 5.75 Å². The van der Waals surface area contributed by atoms with Gasteiger partial charge in [0.05, 0.1) is 12.5 Å². The van der Waals surface area contributed by atoms with Crippen molar-refractivity contribution >= 4 is 38.7 Å². The SMILES string of the molecule is COc1ccc(-c2csc3nc(C)nc(Nc4ccc(N5CCC(C)CC5)cc4)c23)cc1. The van der Waals surface area contributed by atoms with Crippen molar-refractivity contribution in [2.75, 3.05) is 30.4 Å². The molecule has 3 heterocycles. The fourth-order valence-corrected chi connectivity index (χ4v) is 5.27. The van der Waals surface area contributed by atoms with Gasteiger partial charge in [0.25, 0.3) is 0 Å². The zero-order chi connectivity index (χ0) is 22.1. The Hall–Kier alpha value is -3.12. The fourth-order valence-electron chi connectivity index (χ4n) is 4.28. The molecule has 5 nitrogen and oxygen atoms in total. The lowest BCUT2D eigenvalue weighted by Crippen LogP contribution is -2.32. The van der Waals surface area contributed by atoms with E-state index >= 15 is 0 Å². The highest BCUT2D eigenvalue weighted by Gasteiger charge is 2.17. The van der Waals surface area contributed by atoms with Crippen LogP contribution in [0.25, 0.3) is 21.3 Å². The summed E-state index contributed by atoms with van der Waals surface area (Å²) in [7, 11) is 1.69. The quantitative estimate of drug-likeness (QED) is 0.373. The molecule has 0 bridgehead atoms. The standard InChI is InChI=1S/C26H28N4OS/c1-17-12-14-30(15-13-17)21-8-6-20(7-9-21)29-25-24-23(16-32-26(24)28-18(2)27-25)19-4-10-22(31-3)11-5-19/h4-11,16-17H,12-15H2,1-3H3,(H,27,28,29). The van der Waals surface area contributed by atoms with E-state index in [2.05, 4.69) is 63.9 Å². The largest absolute Gasteiger partial charge is 0.497 e. The van der Waals surface area contributed by atoms with Crippen molar-refractivity contribution in [2.24, 2.45) is 5.92 Å². The maximum atomic E-state index is 5.31. The average molecular weight is 445 g/mol.